The normalized spacial score (nSPS) is 17.6. The number of aromatic nitrogens is 1. The lowest BCUT2D eigenvalue weighted by Crippen LogP contribution is -2.47. The first kappa shape index (κ1) is 14.0. The fraction of sp³-hybridized carbons (Fsp3) is 0.357. The molecule has 0 aliphatic carbocycles. The first-order valence-corrected chi connectivity index (χ1v) is 6.40. The van der Waals surface area contributed by atoms with E-state index in [9.17, 15) is 9.59 Å². The molecule has 0 bridgehead atoms. The standard InChI is InChI=1S/C14H16N4O2/c15-5-1-2-10-6-11(8-16-7-10)14(20)18-12-3-4-13(19)17-9-12/h6-8,12H,3-5,9,15H2,(H,17,19)(H,18,20). The van der Waals surface area contributed by atoms with Gasteiger partial charge in [0.15, 0.2) is 0 Å². The van der Waals surface area contributed by atoms with Crippen molar-refractivity contribution in [3.8, 4) is 11.8 Å². The number of rotatable bonds is 2. The number of hydrogen-bond acceptors (Lipinski definition) is 4. The molecular weight excluding hydrogens is 256 g/mol. The summed E-state index contributed by atoms with van der Waals surface area (Å²) in [5.74, 6) is 5.36. The quantitative estimate of drug-likeness (QED) is 0.626. The van der Waals surface area contributed by atoms with Crippen LogP contribution in [0.1, 0.15) is 28.8 Å². The lowest BCUT2D eigenvalue weighted by atomic mass is 10.1. The van der Waals surface area contributed by atoms with Crippen molar-refractivity contribution < 1.29 is 9.59 Å². The van der Waals surface area contributed by atoms with E-state index >= 15 is 0 Å². The fourth-order valence-electron chi connectivity index (χ4n) is 1.91. The van der Waals surface area contributed by atoms with E-state index in [1.807, 2.05) is 0 Å². The molecule has 4 N–H and O–H groups in total. The van der Waals surface area contributed by atoms with E-state index in [1.165, 1.54) is 6.20 Å². The molecular formula is C14H16N4O2. The Morgan fingerprint density at radius 2 is 2.40 bits per heavy atom. The van der Waals surface area contributed by atoms with Crippen LogP contribution in [-0.4, -0.2) is 35.9 Å². The van der Waals surface area contributed by atoms with Crippen molar-refractivity contribution in [2.24, 2.45) is 5.73 Å². The summed E-state index contributed by atoms with van der Waals surface area (Å²) in [7, 11) is 0. The van der Waals surface area contributed by atoms with Crippen LogP contribution < -0.4 is 16.4 Å². The summed E-state index contributed by atoms with van der Waals surface area (Å²) in [5.41, 5.74) is 6.40. The van der Waals surface area contributed by atoms with Gasteiger partial charge in [0.25, 0.3) is 5.91 Å². The molecule has 2 amide bonds. The van der Waals surface area contributed by atoms with Gasteiger partial charge in [-0.1, -0.05) is 11.8 Å². The van der Waals surface area contributed by atoms with Crippen LogP contribution in [0.15, 0.2) is 18.5 Å². The Morgan fingerprint density at radius 3 is 3.10 bits per heavy atom. The summed E-state index contributed by atoms with van der Waals surface area (Å²) < 4.78 is 0. The molecule has 0 radical (unpaired) electrons. The zero-order valence-corrected chi connectivity index (χ0v) is 11.0. The molecule has 1 aromatic rings. The second-order valence-corrected chi connectivity index (χ2v) is 4.48. The monoisotopic (exact) mass is 272 g/mol. The number of pyridine rings is 1. The predicted octanol–water partition coefficient (Wildman–Crippen LogP) is -0.600. The van der Waals surface area contributed by atoms with E-state index in [1.54, 1.807) is 12.3 Å². The summed E-state index contributed by atoms with van der Waals surface area (Å²) >= 11 is 0. The van der Waals surface area contributed by atoms with E-state index in [2.05, 4.69) is 27.5 Å². The van der Waals surface area contributed by atoms with Crippen molar-refractivity contribution in [2.45, 2.75) is 18.9 Å². The average Bonchev–Trinajstić information content (AvgIpc) is 2.48. The molecule has 1 aliphatic heterocycles. The van der Waals surface area contributed by atoms with Gasteiger partial charge in [-0.3, -0.25) is 14.6 Å². The number of nitrogens with zero attached hydrogens (tertiary/aromatic N) is 1. The Morgan fingerprint density at radius 1 is 1.55 bits per heavy atom. The number of carbonyl (C=O) groups excluding carboxylic acids is 2. The van der Waals surface area contributed by atoms with Crippen LogP contribution in [-0.2, 0) is 4.79 Å². The van der Waals surface area contributed by atoms with Crippen LogP contribution in [0.25, 0.3) is 0 Å². The Labute approximate surface area is 117 Å². The molecule has 1 aromatic heterocycles. The number of piperidine rings is 1. The lowest BCUT2D eigenvalue weighted by molar-refractivity contribution is -0.122. The molecule has 6 nitrogen and oxygen atoms in total. The highest BCUT2D eigenvalue weighted by Crippen LogP contribution is 2.06. The highest BCUT2D eigenvalue weighted by Gasteiger charge is 2.20. The Hall–Kier alpha value is -2.39. The minimum absolute atomic E-state index is 0.0243. The van der Waals surface area contributed by atoms with Gasteiger partial charge in [-0.05, 0) is 12.5 Å². The summed E-state index contributed by atoms with van der Waals surface area (Å²) in [6, 6.07) is 1.63. The molecule has 1 fully saturated rings. The fourth-order valence-corrected chi connectivity index (χ4v) is 1.91. The van der Waals surface area contributed by atoms with E-state index in [-0.39, 0.29) is 24.4 Å². The van der Waals surface area contributed by atoms with Crippen LogP contribution in [0.5, 0.6) is 0 Å². The van der Waals surface area contributed by atoms with Crippen molar-refractivity contribution >= 4 is 11.8 Å². The van der Waals surface area contributed by atoms with Crippen molar-refractivity contribution in [3.05, 3.63) is 29.6 Å². The highest BCUT2D eigenvalue weighted by molar-refractivity contribution is 5.94. The number of nitrogens with one attached hydrogen (secondary N) is 2. The maximum Gasteiger partial charge on any atom is 0.253 e. The number of amides is 2. The zero-order chi connectivity index (χ0) is 14.4. The van der Waals surface area contributed by atoms with E-state index in [0.29, 0.717) is 30.5 Å². The largest absolute Gasteiger partial charge is 0.354 e. The molecule has 1 atom stereocenters. The van der Waals surface area contributed by atoms with Crippen molar-refractivity contribution in [2.75, 3.05) is 13.1 Å². The first-order valence-electron chi connectivity index (χ1n) is 6.40. The van der Waals surface area contributed by atoms with Gasteiger partial charge in [0, 0.05) is 37.0 Å². The van der Waals surface area contributed by atoms with Crippen molar-refractivity contribution in [1.29, 1.82) is 0 Å². The summed E-state index contributed by atoms with van der Waals surface area (Å²) in [6.45, 7) is 0.725. The zero-order valence-electron chi connectivity index (χ0n) is 11.0. The van der Waals surface area contributed by atoms with Crippen LogP contribution in [0.3, 0.4) is 0 Å². The number of carbonyl (C=O) groups is 2. The van der Waals surface area contributed by atoms with Gasteiger partial charge >= 0.3 is 0 Å². The molecule has 2 rings (SSSR count). The first-order chi connectivity index (χ1) is 9.69. The van der Waals surface area contributed by atoms with Crippen LogP contribution in [0.2, 0.25) is 0 Å². The second kappa shape index (κ2) is 6.68. The molecule has 104 valence electrons. The Kier molecular flexibility index (Phi) is 4.69. The van der Waals surface area contributed by atoms with Crippen LogP contribution >= 0.6 is 0 Å². The average molecular weight is 272 g/mol. The third-order valence-corrected chi connectivity index (χ3v) is 2.94. The molecule has 2 heterocycles. The van der Waals surface area contributed by atoms with Gasteiger partial charge in [-0.25, -0.2) is 0 Å². The van der Waals surface area contributed by atoms with Crippen molar-refractivity contribution in [3.63, 3.8) is 0 Å². The highest BCUT2D eigenvalue weighted by atomic mass is 16.2. The Bertz CT molecular complexity index is 564. The maximum absolute atomic E-state index is 12.1. The molecule has 20 heavy (non-hydrogen) atoms. The summed E-state index contributed by atoms with van der Waals surface area (Å²) in [6.07, 6.45) is 4.16. The third kappa shape index (κ3) is 3.80. The van der Waals surface area contributed by atoms with Gasteiger partial charge in [-0.15, -0.1) is 0 Å². The topological polar surface area (TPSA) is 97.1 Å². The minimum atomic E-state index is -0.213. The SMILES string of the molecule is NCC#Cc1cncc(C(=O)NC2CCC(=O)NC2)c1. The smallest absolute Gasteiger partial charge is 0.253 e. The predicted molar refractivity (Wildman–Crippen MR) is 73.7 cm³/mol. The van der Waals surface area contributed by atoms with E-state index < -0.39 is 0 Å². The van der Waals surface area contributed by atoms with Gasteiger partial charge in [0.1, 0.15) is 0 Å². The van der Waals surface area contributed by atoms with E-state index in [0.717, 1.165) is 0 Å². The molecule has 1 aliphatic rings. The summed E-state index contributed by atoms with van der Waals surface area (Å²) in [4.78, 5) is 27.1. The van der Waals surface area contributed by atoms with Crippen LogP contribution in [0.4, 0.5) is 0 Å². The second-order valence-electron chi connectivity index (χ2n) is 4.48. The van der Waals surface area contributed by atoms with Gasteiger partial charge in [0.05, 0.1) is 12.1 Å². The lowest BCUT2D eigenvalue weighted by Gasteiger charge is -2.23. The number of nitrogens with two attached hydrogens (primary N) is 1. The maximum atomic E-state index is 12.1. The Balaban J connectivity index is 2.00. The van der Waals surface area contributed by atoms with Gasteiger partial charge < -0.3 is 16.4 Å². The molecule has 0 aromatic carbocycles. The van der Waals surface area contributed by atoms with Gasteiger partial charge in [-0.2, -0.15) is 0 Å². The van der Waals surface area contributed by atoms with Gasteiger partial charge in [0.2, 0.25) is 5.91 Å². The number of hydrogen-bond donors (Lipinski definition) is 3. The van der Waals surface area contributed by atoms with Crippen molar-refractivity contribution in [1.82, 2.24) is 15.6 Å². The molecule has 0 spiro atoms. The molecule has 6 heteroatoms. The minimum Gasteiger partial charge on any atom is -0.354 e. The van der Waals surface area contributed by atoms with Crippen LogP contribution in [0, 0.1) is 11.8 Å². The summed E-state index contributed by atoms with van der Waals surface area (Å²) in [5, 5.41) is 5.60. The molecule has 1 saturated heterocycles. The van der Waals surface area contributed by atoms with E-state index in [4.69, 9.17) is 5.73 Å². The molecule has 0 saturated carbocycles. The molecule has 1 unspecified atom stereocenters. The third-order valence-electron chi connectivity index (χ3n) is 2.94.